The summed E-state index contributed by atoms with van der Waals surface area (Å²) in [7, 11) is -4.05. The van der Waals surface area contributed by atoms with E-state index in [1.807, 2.05) is 6.92 Å². The summed E-state index contributed by atoms with van der Waals surface area (Å²) in [5.41, 5.74) is 0.267. The Kier molecular flexibility index (Phi) is 5.15. The van der Waals surface area contributed by atoms with Crippen molar-refractivity contribution in [1.82, 2.24) is 19.5 Å². The first-order valence-corrected chi connectivity index (χ1v) is 10.3. The first-order chi connectivity index (χ1) is 14.4. The van der Waals surface area contributed by atoms with Crippen molar-refractivity contribution < 1.29 is 17.5 Å². The molecule has 152 valence electrons. The molecule has 2 heterocycles. The second-order valence-corrected chi connectivity index (χ2v) is 7.87. The molecule has 0 saturated heterocycles. The van der Waals surface area contributed by atoms with Crippen LogP contribution in [-0.2, 0) is 10.0 Å². The van der Waals surface area contributed by atoms with Gasteiger partial charge in [-0.15, -0.1) is 0 Å². The molecule has 2 aromatic heterocycles. The van der Waals surface area contributed by atoms with Gasteiger partial charge in [-0.2, -0.15) is 0 Å². The van der Waals surface area contributed by atoms with Crippen LogP contribution in [-0.4, -0.2) is 27.9 Å². The second-order valence-electron chi connectivity index (χ2n) is 6.22. The number of imidazole rings is 1. The molecular weight excluding hydrogens is 409 g/mol. The van der Waals surface area contributed by atoms with Gasteiger partial charge in [0, 0.05) is 24.1 Å². The SMILES string of the molecule is Cc1nccn1-c1cc(Oc2ccc(NS(=O)(=O)c3ccccc3F)cc2)ncn1. The molecule has 0 spiro atoms. The summed E-state index contributed by atoms with van der Waals surface area (Å²) in [6.45, 7) is 1.85. The van der Waals surface area contributed by atoms with Crippen LogP contribution in [0.3, 0.4) is 0 Å². The second kappa shape index (κ2) is 7.91. The maximum atomic E-state index is 13.8. The first-order valence-electron chi connectivity index (χ1n) is 8.80. The number of sulfonamides is 1. The van der Waals surface area contributed by atoms with E-state index in [1.54, 1.807) is 35.2 Å². The molecule has 4 rings (SSSR count). The zero-order valence-electron chi connectivity index (χ0n) is 15.7. The predicted octanol–water partition coefficient (Wildman–Crippen LogP) is 3.70. The van der Waals surface area contributed by atoms with Gasteiger partial charge >= 0.3 is 0 Å². The molecule has 0 unspecified atom stereocenters. The molecule has 0 amide bonds. The fourth-order valence-electron chi connectivity index (χ4n) is 2.72. The van der Waals surface area contributed by atoms with E-state index >= 15 is 0 Å². The lowest BCUT2D eigenvalue weighted by atomic mass is 10.3. The minimum atomic E-state index is -4.05. The van der Waals surface area contributed by atoms with Crippen LogP contribution < -0.4 is 9.46 Å². The van der Waals surface area contributed by atoms with Crippen molar-refractivity contribution in [1.29, 1.82) is 0 Å². The molecule has 8 nitrogen and oxygen atoms in total. The number of nitrogens with zero attached hydrogens (tertiary/aromatic N) is 4. The highest BCUT2D eigenvalue weighted by atomic mass is 32.2. The number of ether oxygens (including phenoxy) is 1. The fourth-order valence-corrected chi connectivity index (χ4v) is 3.86. The Balaban J connectivity index is 1.50. The molecule has 0 aliphatic rings. The third-order valence-corrected chi connectivity index (χ3v) is 5.57. The highest BCUT2D eigenvalue weighted by Crippen LogP contribution is 2.24. The third kappa shape index (κ3) is 4.13. The quantitative estimate of drug-likeness (QED) is 0.506. The monoisotopic (exact) mass is 425 g/mol. The van der Waals surface area contributed by atoms with Crippen LogP contribution in [0.4, 0.5) is 10.1 Å². The number of aryl methyl sites for hydroxylation is 1. The van der Waals surface area contributed by atoms with Gasteiger partial charge in [0.05, 0.1) is 0 Å². The van der Waals surface area contributed by atoms with Gasteiger partial charge in [-0.25, -0.2) is 27.8 Å². The lowest BCUT2D eigenvalue weighted by molar-refractivity contribution is 0.461. The minimum Gasteiger partial charge on any atom is -0.439 e. The molecule has 2 aromatic carbocycles. The Morgan fingerprint density at radius 2 is 1.80 bits per heavy atom. The fraction of sp³-hybridized carbons (Fsp3) is 0.0500. The number of nitrogens with one attached hydrogen (secondary N) is 1. The zero-order chi connectivity index (χ0) is 21.1. The molecule has 0 aliphatic carbocycles. The minimum absolute atomic E-state index is 0.267. The highest BCUT2D eigenvalue weighted by molar-refractivity contribution is 7.92. The van der Waals surface area contributed by atoms with E-state index in [1.165, 1.54) is 36.7 Å². The molecule has 4 aromatic rings. The molecule has 0 aliphatic heterocycles. The van der Waals surface area contributed by atoms with Gasteiger partial charge in [0.1, 0.15) is 34.4 Å². The van der Waals surface area contributed by atoms with E-state index in [0.29, 0.717) is 17.4 Å². The van der Waals surface area contributed by atoms with Crippen molar-refractivity contribution in [3.63, 3.8) is 0 Å². The van der Waals surface area contributed by atoms with E-state index in [2.05, 4.69) is 19.7 Å². The summed E-state index contributed by atoms with van der Waals surface area (Å²) in [6, 6.07) is 13.0. The Morgan fingerprint density at radius 1 is 1.03 bits per heavy atom. The molecule has 10 heteroatoms. The molecule has 0 bridgehead atoms. The molecule has 0 saturated carbocycles. The van der Waals surface area contributed by atoms with Gasteiger partial charge in [-0.1, -0.05) is 12.1 Å². The van der Waals surface area contributed by atoms with Gasteiger partial charge in [-0.3, -0.25) is 9.29 Å². The summed E-state index contributed by atoms with van der Waals surface area (Å²) in [4.78, 5) is 12.0. The Hall–Kier alpha value is -3.79. The standard InChI is InChI=1S/C20H16FN5O3S/c1-14-22-10-11-26(14)19-12-20(24-13-23-19)29-16-8-6-15(7-9-16)25-30(27,28)18-5-3-2-4-17(18)21/h2-13,25H,1H3. The smallest absolute Gasteiger partial charge is 0.264 e. The van der Waals surface area contributed by atoms with Crippen molar-refractivity contribution in [3.8, 4) is 17.4 Å². The van der Waals surface area contributed by atoms with E-state index in [-0.39, 0.29) is 5.69 Å². The van der Waals surface area contributed by atoms with E-state index < -0.39 is 20.7 Å². The summed E-state index contributed by atoms with van der Waals surface area (Å²) < 4.78 is 48.4. The van der Waals surface area contributed by atoms with Gasteiger partial charge < -0.3 is 4.74 Å². The van der Waals surface area contributed by atoms with Crippen LogP contribution in [0.15, 0.2) is 78.2 Å². The largest absolute Gasteiger partial charge is 0.439 e. The Labute approximate surface area is 172 Å². The average molecular weight is 425 g/mol. The Bertz CT molecular complexity index is 1290. The summed E-state index contributed by atoms with van der Waals surface area (Å²) in [6.07, 6.45) is 4.82. The Morgan fingerprint density at radius 3 is 2.50 bits per heavy atom. The van der Waals surface area contributed by atoms with Crippen molar-refractivity contribution in [2.45, 2.75) is 11.8 Å². The van der Waals surface area contributed by atoms with Gasteiger partial charge in [0.15, 0.2) is 0 Å². The van der Waals surface area contributed by atoms with Crippen LogP contribution >= 0.6 is 0 Å². The average Bonchev–Trinajstić information content (AvgIpc) is 3.16. The van der Waals surface area contributed by atoms with Crippen LogP contribution in [0, 0.1) is 12.7 Å². The van der Waals surface area contributed by atoms with E-state index in [0.717, 1.165) is 11.9 Å². The number of hydrogen-bond acceptors (Lipinski definition) is 6. The summed E-state index contributed by atoms with van der Waals surface area (Å²) >= 11 is 0. The summed E-state index contributed by atoms with van der Waals surface area (Å²) in [5.74, 6) is 1.30. The maximum Gasteiger partial charge on any atom is 0.264 e. The zero-order valence-corrected chi connectivity index (χ0v) is 16.5. The molecule has 30 heavy (non-hydrogen) atoms. The van der Waals surface area contributed by atoms with Crippen LogP contribution in [0.25, 0.3) is 5.82 Å². The number of aromatic nitrogens is 4. The van der Waals surface area contributed by atoms with E-state index in [9.17, 15) is 12.8 Å². The number of rotatable bonds is 6. The molecular formula is C20H16FN5O3S. The lowest BCUT2D eigenvalue weighted by Gasteiger charge is -2.10. The summed E-state index contributed by atoms with van der Waals surface area (Å²) in [5, 5.41) is 0. The predicted molar refractivity (Wildman–Crippen MR) is 108 cm³/mol. The van der Waals surface area contributed by atoms with E-state index in [4.69, 9.17) is 4.74 Å². The first kappa shape index (κ1) is 19.5. The van der Waals surface area contributed by atoms with Crippen LogP contribution in [0.5, 0.6) is 11.6 Å². The number of benzene rings is 2. The lowest BCUT2D eigenvalue weighted by Crippen LogP contribution is -2.14. The van der Waals surface area contributed by atoms with Gasteiger partial charge in [-0.05, 0) is 43.3 Å². The number of halogens is 1. The van der Waals surface area contributed by atoms with Crippen molar-refractivity contribution in [3.05, 3.63) is 85.0 Å². The number of hydrogen-bond donors (Lipinski definition) is 1. The maximum absolute atomic E-state index is 13.8. The van der Waals surface area contributed by atoms with Crippen molar-refractivity contribution >= 4 is 15.7 Å². The topological polar surface area (TPSA) is 99.0 Å². The molecule has 0 atom stereocenters. The van der Waals surface area contributed by atoms with Crippen molar-refractivity contribution in [2.75, 3.05) is 4.72 Å². The van der Waals surface area contributed by atoms with Crippen LogP contribution in [0.1, 0.15) is 5.82 Å². The van der Waals surface area contributed by atoms with Crippen LogP contribution in [0.2, 0.25) is 0 Å². The third-order valence-electron chi connectivity index (χ3n) is 4.16. The molecule has 1 N–H and O–H groups in total. The van der Waals surface area contributed by atoms with Gasteiger partial charge in [0.25, 0.3) is 10.0 Å². The van der Waals surface area contributed by atoms with Gasteiger partial charge in [0.2, 0.25) is 5.88 Å². The molecule has 0 radical (unpaired) electrons. The number of anilines is 1. The van der Waals surface area contributed by atoms with Crippen molar-refractivity contribution in [2.24, 2.45) is 0 Å². The highest BCUT2D eigenvalue weighted by Gasteiger charge is 2.18. The normalized spacial score (nSPS) is 11.3. The molecule has 0 fully saturated rings.